The smallest absolute Gasteiger partial charge is 0.0822 e. The molecule has 0 atom stereocenters. The highest BCUT2D eigenvalue weighted by Gasteiger charge is 1.92. The molecule has 2 radical (unpaired) electrons. The van der Waals surface area contributed by atoms with Gasteiger partial charge >= 0.3 is 0 Å². The second-order valence-corrected chi connectivity index (χ2v) is 2.98. The fourth-order valence-electron chi connectivity index (χ4n) is 1.14. The van der Waals surface area contributed by atoms with Crippen LogP contribution >= 0.6 is 0 Å². The summed E-state index contributed by atoms with van der Waals surface area (Å²) in [6.07, 6.45) is 2.80. The second-order valence-electron chi connectivity index (χ2n) is 2.98. The van der Waals surface area contributed by atoms with Crippen molar-refractivity contribution in [3.8, 4) is 0 Å². The number of benzene rings is 1. The average molecular weight is 162 g/mol. The molecule has 12 heavy (non-hydrogen) atoms. The van der Waals surface area contributed by atoms with Crippen molar-refractivity contribution in [1.29, 1.82) is 0 Å². The molecule has 1 aromatic rings. The van der Waals surface area contributed by atoms with Gasteiger partial charge in [-0.1, -0.05) is 24.3 Å². The summed E-state index contributed by atoms with van der Waals surface area (Å²) in [6.45, 7) is 3.86. The fourth-order valence-corrected chi connectivity index (χ4v) is 1.14. The first kappa shape index (κ1) is 9.27. The van der Waals surface area contributed by atoms with Crippen LogP contribution in [-0.2, 0) is 11.5 Å². The summed E-state index contributed by atoms with van der Waals surface area (Å²) < 4.78 is 0. The Morgan fingerprint density at radius 3 is 2.33 bits per heavy atom. The van der Waals surface area contributed by atoms with Gasteiger partial charge in [-0.05, 0) is 37.3 Å². The van der Waals surface area contributed by atoms with E-state index >= 15 is 0 Å². The Bertz CT molecular complexity index is 213. The summed E-state index contributed by atoms with van der Waals surface area (Å²) in [5.41, 5.74) is 2.35. The highest BCUT2D eigenvalue weighted by molar-refractivity contribution is 5.24. The maximum Gasteiger partial charge on any atom is 0.0822 e. The van der Waals surface area contributed by atoms with E-state index in [9.17, 15) is 5.11 Å². The van der Waals surface area contributed by atoms with Crippen LogP contribution in [0.5, 0.6) is 0 Å². The van der Waals surface area contributed by atoms with Crippen LogP contribution in [0, 0.1) is 6.92 Å². The van der Waals surface area contributed by atoms with Crippen molar-refractivity contribution in [2.24, 2.45) is 0 Å². The third-order valence-electron chi connectivity index (χ3n) is 1.88. The van der Waals surface area contributed by atoms with E-state index in [0.29, 0.717) is 0 Å². The van der Waals surface area contributed by atoms with Crippen molar-refractivity contribution in [2.75, 3.05) is 6.61 Å². The van der Waals surface area contributed by atoms with Crippen LogP contribution in [0.1, 0.15) is 24.0 Å². The highest BCUT2D eigenvalue weighted by atomic mass is 16.2. The molecule has 0 aliphatic heterocycles. The van der Waals surface area contributed by atoms with Crippen molar-refractivity contribution < 1.29 is 5.11 Å². The molecule has 1 aromatic carbocycles. The maximum atomic E-state index is 10.2. The molecule has 0 aliphatic rings. The molecule has 0 bridgehead atoms. The first-order valence-electron chi connectivity index (χ1n) is 4.32. The fraction of sp³-hybridized carbons (Fsp3) is 0.364. The van der Waals surface area contributed by atoms with Crippen LogP contribution in [0.15, 0.2) is 24.3 Å². The van der Waals surface area contributed by atoms with Gasteiger partial charge < -0.3 is 0 Å². The standard InChI is InChI=1S/C11H14O/c1-10-5-7-11(8-6-10)4-2-3-9-12/h5-8H,1-4,9H2. The van der Waals surface area contributed by atoms with Crippen molar-refractivity contribution in [2.45, 2.75) is 19.3 Å². The molecule has 0 amide bonds. The summed E-state index contributed by atoms with van der Waals surface area (Å²) in [5.74, 6) is 0. The lowest BCUT2D eigenvalue weighted by molar-refractivity contribution is 0.187. The maximum absolute atomic E-state index is 10.2. The topological polar surface area (TPSA) is 19.9 Å². The first-order chi connectivity index (χ1) is 5.83. The molecule has 0 heterocycles. The SMILES string of the molecule is [CH2]c1ccc(CCCC[O])cc1. The average Bonchev–Trinajstić information content (AvgIpc) is 2.09. The van der Waals surface area contributed by atoms with Gasteiger partial charge in [0, 0.05) is 0 Å². The summed E-state index contributed by atoms with van der Waals surface area (Å²) in [6, 6.07) is 8.17. The molecule has 0 aliphatic carbocycles. The van der Waals surface area contributed by atoms with Crippen LogP contribution in [-0.4, -0.2) is 6.61 Å². The van der Waals surface area contributed by atoms with E-state index in [0.717, 1.165) is 24.8 Å². The van der Waals surface area contributed by atoms with Crippen molar-refractivity contribution in [1.82, 2.24) is 0 Å². The summed E-state index contributed by atoms with van der Waals surface area (Å²) in [7, 11) is 0. The zero-order chi connectivity index (χ0) is 8.81. The Balaban J connectivity index is 2.37. The van der Waals surface area contributed by atoms with Crippen LogP contribution in [0.3, 0.4) is 0 Å². The molecule has 0 N–H and O–H groups in total. The lowest BCUT2D eigenvalue weighted by Gasteiger charge is -1.99. The molecular formula is C11H14O. The Hall–Kier alpha value is -0.820. The number of hydrogen-bond acceptors (Lipinski definition) is 0. The Kier molecular flexibility index (Phi) is 3.81. The lowest BCUT2D eigenvalue weighted by atomic mass is 10.1. The molecule has 1 nitrogen and oxygen atoms in total. The van der Waals surface area contributed by atoms with E-state index in [1.807, 2.05) is 12.1 Å². The normalized spacial score (nSPS) is 10.2. The van der Waals surface area contributed by atoms with E-state index in [1.54, 1.807) is 0 Å². The van der Waals surface area contributed by atoms with E-state index in [1.165, 1.54) is 5.56 Å². The van der Waals surface area contributed by atoms with Crippen molar-refractivity contribution >= 4 is 0 Å². The van der Waals surface area contributed by atoms with Crippen molar-refractivity contribution in [3.63, 3.8) is 0 Å². The van der Waals surface area contributed by atoms with Gasteiger partial charge in [-0.3, -0.25) is 0 Å². The third kappa shape index (κ3) is 3.05. The number of rotatable bonds is 4. The predicted molar refractivity (Wildman–Crippen MR) is 49.4 cm³/mol. The molecule has 0 unspecified atom stereocenters. The van der Waals surface area contributed by atoms with Gasteiger partial charge in [0.1, 0.15) is 0 Å². The summed E-state index contributed by atoms with van der Waals surface area (Å²) >= 11 is 0. The Morgan fingerprint density at radius 1 is 1.08 bits per heavy atom. The minimum absolute atomic E-state index is 0.0490. The summed E-state index contributed by atoms with van der Waals surface area (Å²) in [5, 5.41) is 10.2. The van der Waals surface area contributed by atoms with Crippen molar-refractivity contribution in [3.05, 3.63) is 42.3 Å². The molecule has 0 aromatic heterocycles. The molecule has 0 saturated heterocycles. The Morgan fingerprint density at radius 2 is 1.75 bits per heavy atom. The second kappa shape index (κ2) is 4.94. The molecular weight excluding hydrogens is 148 g/mol. The predicted octanol–water partition coefficient (Wildman–Crippen LogP) is 2.62. The first-order valence-corrected chi connectivity index (χ1v) is 4.32. The zero-order valence-electron chi connectivity index (χ0n) is 7.25. The Labute approximate surface area is 74.1 Å². The molecule has 0 spiro atoms. The zero-order valence-corrected chi connectivity index (χ0v) is 7.25. The monoisotopic (exact) mass is 162 g/mol. The summed E-state index contributed by atoms with van der Waals surface area (Å²) in [4.78, 5) is 0. The number of unbranched alkanes of at least 4 members (excludes halogenated alkanes) is 1. The molecule has 1 heteroatoms. The molecule has 1 rings (SSSR count). The van der Waals surface area contributed by atoms with Crippen LogP contribution in [0.4, 0.5) is 0 Å². The van der Waals surface area contributed by atoms with E-state index in [2.05, 4.69) is 19.1 Å². The highest BCUT2D eigenvalue weighted by Crippen LogP contribution is 2.06. The molecule has 0 fully saturated rings. The van der Waals surface area contributed by atoms with Gasteiger partial charge in [0.2, 0.25) is 0 Å². The number of hydrogen-bond donors (Lipinski definition) is 0. The van der Waals surface area contributed by atoms with Gasteiger partial charge in [0.05, 0.1) is 6.61 Å². The van der Waals surface area contributed by atoms with Gasteiger partial charge in [-0.25, -0.2) is 5.11 Å². The minimum atomic E-state index is 0.0490. The van der Waals surface area contributed by atoms with Crippen LogP contribution in [0.25, 0.3) is 0 Å². The quantitative estimate of drug-likeness (QED) is 0.606. The van der Waals surface area contributed by atoms with E-state index in [-0.39, 0.29) is 6.61 Å². The van der Waals surface area contributed by atoms with E-state index in [4.69, 9.17) is 0 Å². The molecule has 64 valence electrons. The van der Waals surface area contributed by atoms with Gasteiger partial charge in [0.15, 0.2) is 0 Å². The van der Waals surface area contributed by atoms with Gasteiger partial charge in [0.25, 0.3) is 0 Å². The van der Waals surface area contributed by atoms with Gasteiger partial charge in [-0.15, -0.1) is 0 Å². The molecule has 0 saturated carbocycles. The van der Waals surface area contributed by atoms with Gasteiger partial charge in [-0.2, -0.15) is 0 Å². The van der Waals surface area contributed by atoms with Crippen LogP contribution in [0.2, 0.25) is 0 Å². The van der Waals surface area contributed by atoms with E-state index < -0.39 is 0 Å². The minimum Gasteiger partial charge on any atom is -0.237 e. The number of aryl methyl sites for hydroxylation is 1. The van der Waals surface area contributed by atoms with Crippen LogP contribution < -0.4 is 0 Å². The third-order valence-corrected chi connectivity index (χ3v) is 1.88. The largest absolute Gasteiger partial charge is 0.237 e. The lowest BCUT2D eigenvalue weighted by Crippen LogP contribution is -1.87.